The average Bonchev–Trinajstić information content (AvgIpc) is 3.13. The zero-order chi connectivity index (χ0) is 20.5. The first-order valence-corrected chi connectivity index (χ1v) is 10.9. The van der Waals surface area contributed by atoms with E-state index >= 15 is 0 Å². The van der Waals surface area contributed by atoms with Gasteiger partial charge in [0.15, 0.2) is 5.78 Å². The van der Waals surface area contributed by atoms with Crippen LogP contribution in [0.1, 0.15) is 54.5 Å². The first-order valence-electron chi connectivity index (χ1n) is 10.0. The van der Waals surface area contributed by atoms with E-state index in [9.17, 15) is 9.59 Å². The number of ketones is 1. The van der Waals surface area contributed by atoms with Crippen molar-refractivity contribution < 1.29 is 14.3 Å². The van der Waals surface area contributed by atoms with Crippen LogP contribution in [0.15, 0.2) is 64.3 Å². The van der Waals surface area contributed by atoms with Crippen LogP contribution in [-0.4, -0.2) is 18.4 Å². The summed E-state index contributed by atoms with van der Waals surface area (Å²) in [4.78, 5) is 27.3. The maximum Gasteiger partial charge on any atom is 0.336 e. The summed E-state index contributed by atoms with van der Waals surface area (Å²) in [5.41, 5.74) is 5.29. The fourth-order valence-corrected chi connectivity index (χ4v) is 5.47. The largest absolute Gasteiger partial charge is 0.463 e. The molecule has 2 heterocycles. The number of hydrogen-bond donors (Lipinski definition) is 1. The highest BCUT2D eigenvalue weighted by molar-refractivity contribution is 7.10. The number of dihydropyridines is 1. The molecule has 1 N–H and O–H groups in total. The summed E-state index contributed by atoms with van der Waals surface area (Å²) in [5.74, 6) is -0.439. The van der Waals surface area contributed by atoms with Crippen molar-refractivity contribution >= 4 is 23.1 Å². The van der Waals surface area contributed by atoms with Gasteiger partial charge in [-0.25, -0.2) is 4.79 Å². The van der Waals surface area contributed by atoms with Gasteiger partial charge < -0.3 is 10.1 Å². The fraction of sp³-hybridized carbons (Fsp3) is 0.333. The second-order valence-corrected chi connectivity index (χ2v) is 8.56. The van der Waals surface area contributed by atoms with Gasteiger partial charge in [-0.2, -0.15) is 0 Å². The Balaban J connectivity index is 1.80. The Morgan fingerprint density at radius 1 is 1.17 bits per heavy atom. The molecule has 2 aromatic rings. The number of thiophene rings is 1. The summed E-state index contributed by atoms with van der Waals surface area (Å²) < 4.78 is 5.36. The van der Waals surface area contributed by atoms with Gasteiger partial charge in [-0.1, -0.05) is 30.3 Å². The predicted molar refractivity (Wildman–Crippen MR) is 115 cm³/mol. The first-order chi connectivity index (χ1) is 14.0. The van der Waals surface area contributed by atoms with Crippen LogP contribution in [0.3, 0.4) is 0 Å². The van der Waals surface area contributed by atoms with Crippen molar-refractivity contribution in [3.05, 3.63) is 80.3 Å². The number of allylic oxidation sites excluding steroid dienone is 3. The summed E-state index contributed by atoms with van der Waals surface area (Å²) in [6, 6.07) is 12.2. The molecule has 1 aliphatic carbocycles. The normalized spacial score (nSPS) is 21.7. The lowest BCUT2D eigenvalue weighted by Gasteiger charge is -2.36. The third kappa shape index (κ3) is 3.55. The van der Waals surface area contributed by atoms with Crippen molar-refractivity contribution in [1.82, 2.24) is 5.32 Å². The molecule has 150 valence electrons. The van der Waals surface area contributed by atoms with E-state index in [2.05, 4.69) is 17.4 Å². The Morgan fingerprint density at radius 2 is 1.93 bits per heavy atom. The van der Waals surface area contributed by atoms with E-state index in [0.717, 1.165) is 33.8 Å². The van der Waals surface area contributed by atoms with Crippen LogP contribution >= 0.6 is 11.3 Å². The van der Waals surface area contributed by atoms with Crippen LogP contribution in [-0.2, 0) is 14.3 Å². The molecule has 0 radical (unpaired) electrons. The van der Waals surface area contributed by atoms with Crippen LogP contribution in [0.4, 0.5) is 0 Å². The number of hydrogen-bond acceptors (Lipinski definition) is 5. The molecule has 0 saturated heterocycles. The van der Waals surface area contributed by atoms with Gasteiger partial charge in [0.1, 0.15) is 0 Å². The van der Waals surface area contributed by atoms with Crippen molar-refractivity contribution in [2.75, 3.05) is 6.61 Å². The maximum absolute atomic E-state index is 13.4. The van der Waals surface area contributed by atoms with Crippen LogP contribution in [0.25, 0.3) is 0 Å². The third-order valence-corrected chi connectivity index (χ3v) is 6.84. The van der Waals surface area contributed by atoms with Gasteiger partial charge in [-0.3, -0.25) is 4.79 Å². The highest BCUT2D eigenvalue weighted by Crippen LogP contribution is 2.47. The lowest BCUT2D eigenvalue weighted by Crippen LogP contribution is -2.36. The van der Waals surface area contributed by atoms with Crippen molar-refractivity contribution in [3.63, 3.8) is 0 Å². The Morgan fingerprint density at radius 3 is 2.59 bits per heavy atom. The molecule has 0 saturated carbocycles. The number of benzene rings is 1. The molecule has 1 aromatic carbocycles. The van der Waals surface area contributed by atoms with Crippen molar-refractivity contribution in [2.45, 2.75) is 45.4 Å². The van der Waals surface area contributed by atoms with Crippen molar-refractivity contribution in [2.24, 2.45) is 0 Å². The number of aryl methyl sites for hydroxylation is 1. The molecule has 0 spiro atoms. The van der Waals surface area contributed by atoms with Crippen LogP contribution < -0.4 is 5.32 Å². The fourth-order valence-electron chi connectivity index (χ4n) is 4.42. The zero-order valence-electron chi connectivity index (χ0n) is 17.0. The lowest BCUT2D eigenvalue weighted by molar-refractivity contribution is -0.138. The molecule has 29 heavy (non-hydrogen) atoms. The number of esters is 1. The highest BCUT2D eigenvalue weighted by atomic mass is 32.1. The lowest BCUT2D eigenvalue weighted by atomic mass is 9.73. The van der Waals surface area contributed by atoms with E-state index < -0.39 is 0 Å². The molecule has 1 aromatic heterocycles. The first kappa shape index (κ1) is 19.6. The molecule has 0 unspecified atom stereocenters. The SMILES string of the molecule is CCOC(=O)C1=C(C)NC2=C(C(=O)C[C@@H](c3ccccc3)C2)[C@@H]1c1sccc1C. The molecule has 5 heteroatoms. The molecule has 4 nitrogen and oxygen atoms in total. The quantitative estimate of drug-likeness (QED) is 0.726. The van der Waals surface area contributed by atoms with E-state index in [-0.39, 0.29) is 23.6 Å². The molecule has 4 rings (SSSR count). The minimum atomic E-state index is -0.352. The Kier molecular flexibility index (Phi) is 5.41. The topological polar surface area (TPSA) is 55.4 Å². The maximum atomic E-state index is 13.4. The number of ether oxygens (including phenoxy) is 1. The van der Waals surface area contributed by atoms with E-state index in [4.69, 9.17) is 4.74 Å². The Hall–Kier alpha value is -2.66. The molecule has 2 atom stereocenters. The molecular weight excluding hydrogens is 382 g/mol. The Labute approximate surface area is 175 Å². The summed E-state index contributed by atoms with van der Waals surface area (Å²) in [7, 11) is 0. The minimum Gasteiger partial charge on any atom is -0.463 e. The highest BCUT2D eigenvalue weighted by Gasteiger charge is 2.42. The summed E-state index contributed by atoms with van der Waals surface area (Å²) in [6.07, 6.45) is 1.22. The summed E-state index contributed by atoms with van der Waals surface area (Å²) >= 11 is 1.60. The second-order valence-electron chi connectivity index (χ2n) is 7.62. The van der Waals surface area contributed by atoms with Gasteiger partial charge in [-0.05, 0) is 55.7 Å². The Bertz CT molecular complexity index is 1020. The molecule has 0 fully saturated rings. The standard InChI is InChI=1S/C24H25NO3S/c1-4-28-24(27)20-15(3)25-18-12-17(16-8-6-5-7-9-16)13-19(26)21(18)22(20)23-14(2)10-11-29-23/h5-11,17,22,25H,4,12-13H2,1-3H3/t17-,22+/m0/s1. The zero-order valence-corrected chi connectivity index (χ0v) is 17.8. The van der Waals surface area contributed by atoms with Gasteiger partial charge in [0.05, 0.1) is 18.1 Å². The predicted octanol–water partition coefficient (Wildman–Crippen LogP) is 4.98. The number of carbonyl (C=O) groups excluding carboxylic acids is 2. The number of rotatable bonds is 4. The molecule has 0 amide bonds. The van der Waals surface area contributed by atoms with Gasteiger partial charge >= 0.3 is 5.97 Å². The van der Waals surface area contributed by atoms with Crippen LogP contribution in [0, 0.1) is 6.92 Å². The van der Waals surface area contributed by atoms with E-state index in [1.807, 2.05) is 43.5 Å². The van der Waals surface area contributed by atoms with Gasteiger partial charge in [0.2, 0.25) is 0 Å². The molecule has 2 aliphatic rings. The third-order valence-electron chi connectivity index (χ3n) is 5.76. The van der Waals surface area contributed by atoms with Crippen molar-refractivity contribution in [1.29, 1.82) is 0 Å². The molecule has 0 bridgehead atoms. The molecule has 1 aliphatic heterocycles. The van der Waals surface area contributed by atoms with E-state index in [0.29, 0.717) is 18.6 Å². The molecular formula is C24H25NO3S. The van der Waals surface area contributed by atoms with E-state index in [1.165, 1.54) is 5.56 Å². The average molecular weight is 408 g/mol. The summed E-state index contributed by atoms with van der Waals surface area (Å²) in [6.45, 7) is 6.05. The second kappa shape index (κ2) is 7.99. The van der Waals surface area contributed by atoms with Crippen LogP contribution in [0.2, 0.25) is 0 Å². The van der Waals surface area contributed by atoms with E-state index in [1.54, 1.807) is 18.3 Å². The monoisotopic (exact) mass is 407 g/mol. The summed E-state index contributed by atoms with van der Waals surface area (Å²) in [5, 5.41) is 5.41. The van der Waals surface area contributed by atoms with Gasteiger partial charge in [-0.15, -0.1) is 11.3 Å². The number of carbonyl (C=O) groups is 2. The van der Waals surface area contributed by atoms with Gasteiger partial charge in [0.25, 0.3) is 0 Å². The minimum absolute atomic E-state index is 0.111. The number of Topliss-reactive ketones (excluding diaryl/α,β-unsaturated/α-hetero) is 1. The number of nitrogens with one attached hydrogen (secondary N) is 1. The van der Waals surface area contributed by atoms with Gasteiger partial charge in [0, 0.05) is 28.3 Å². The smallest absolute Gasteiger partial charge is 0.336 e. The van der Waals surface area contributed by atoms with Crippen molar-refractivity contribution in [3.8, 4) is 0 Å². The van der Waals surface area contributed by atoms with Crippen LogP contribution in [0.5, 0.6) is 0 Å².